The topological polar surface area (TPSA) is 95.1 Å². The van der Waals surface area contributed by atoms with Crippen molar-refractivity contribution in [1.82, 2.24) is 9.97 Å². The molecule has 0 radical (unpaired) electrons. The van der Waals surface area contributed by atoms with Crippen molar-refractivity contribution in [2.75, 3.05) is 5.32 Å². The quantitative estimate of drug-likeness (QED) is 0.696. The van der Waals surface area contributed by atoms with E-state index in [0.29, 0.717) is 18.7 Å². The van der Waals surface area contributed by atoms with Crippen molar-refractivity contribution >= 4 is 11.8 Å². The van der Waals surface area contributed by atoms with Crippen LogP contribution in [0.3, 0.4) is 0 Å². The fourth-order valence-corrected chi connectivity index (χ4v) is 2.05. The molecule has 1 aromatic rings. The van der Waals surface area contributed by atoms with Gasteiger partial charge < -0.3 is 15.4 Å². The van der Waals surface area contributed by atoms with Crippen LogP contribution in [0, 0.1) is 0 Å². The molecule has 3 N–H and O–H groups in total. The van der Waals surface area contributed by atoms with Crippen molar-refractivity contribution in [3.8, 4) is 0 Å². The molecule has 0 atom stereocenters. The van der Waals surface area contributed by atoms with Crippen LogP contribution in [0.1, 0.15) is 25.7 Å². The second-order valence-electron chi connectivity index (χ2n) is 4.02. The van der Waals surface area contributed by atoms with Gasteiger partial charge in [-0.3, -0.25) is 4.79 Å². The minimum Gasteiger partial charge on any atom is -0.480 e. The van der Waals surface area contributed by atoms with E-state index < -0.39 is 11.5 Å². The van der Waals surface area contributed by atoms with E-state index in [2.05, 4.69) is 15.3 Å². The molecule has 6 heteroatoms. The second-order valence-corrected chi connectivity index (χ2v) is 4.02. The monoisotopic (exact) mass is 223 g/mol. The highest BCUT2D eigenvalue weighted by atomic mass is 16.4. The van der Waals surface area contributed by atoms with Gasteiger partial charge in [0.1, 0.15) is 11.4 Å². The number of carboxylic acid groups (broad SMARTS) is 1. The van der Waals surface area contributed by atoms with Gasteiger partial charge in [-0.05, 0) is 12.8 Å². The minimum atomic E-state index is -0.958. The van der Waals surface area contributed by atoms with E-state index >= 15 is 0 Å². The van der Waals surface area contributed by atoms with Gasteiger partial charge in [0.15, 0.2) is 0 Å². The van der Waals surface area contributed by atoms with Crippen molar-refractivity contribution in [1.29, 1.82) is 0 Å². The first-order valence-electron chi connectivity index (χ1n) is 5.19. The zero-order valence-corrected chi connectivity index (χ0v) is 8.69. The Labute approximate surface area is 91.7 Å². The number of H-pyrrole nitrogens is 1. The normalized spacial score (nSPS) is 18.2. The summed E-state index contributed by atoms with van der Waals surface area (Å²) < 4.78 is 0. The van der Waals surface area contributed by atoms with E-state index in [0.717, 1.165) is 12.8 Å². The minimum absolute atomic E-state index is 0.295. The molecule has 2 rings (SSSR count). The van der Waals surface area contributed by atoms with Gasteiger partial charge in [-0.25, -0.2) is 9.78 Å². The van der Waals surface area contributed by atoms with E-state index in [-0.39, 0.29) is 5.56 Å². The highest BCUT2D eigenvalue weighted by Gasteiger charge is 2.41. The van der Waals surface area contributed by atoms with E-state index in [9.17, 15) is 14.7 Å². The highest BCUT2D eigenvalue weighted by molar-refractivity contribution is 5.82. The zero-order chi connectivity index (χ0) is 11.6. The number of aromatic nitrogens is 2. The lowest BCUT2D eigenvalue weighted by molar-refractivity contribution is -0.142. The van der Waals surface area contributed by atoms with Gasteiger partial charge in [-0.2, -0.15) is 0 Å². The van der Waals surface area contributed by atoms with Gasteiger partial charge in [0.05, 0.1) is 6.33 Å². The van der Waals surface area contributed by atoms with Crippen LogP contribution in [0.5, 0.6) is 0 Å². The van der Waals surface area contributed by atoms with Crippen LogP contribution in [0.25, 0.3) is 0 Å². The number of aliphatic carboxylic acids is 1. The standard InChI is InChI=1S/C10H13N3O3/c14-8-5-7(11-6-12-8)13-10(9(15)16)3-1-2-4-10/h5-6H,1-4H2,(H,15,16)(H2,11,12,13,14). The maximum absolute atomic E-state index is 11.2. The van der Waals surface area contributed by atoms with Gasteiger partial charge in [0.2, 0.25) is 0 Å². The van der Waals surface area contributed by atoms with Crippen molar-refractivity contribution < 1.29 is 9.90 Å². The highest BCUT2D eigenvalue weighted by Crippen LogP contribution is 2.32. The van der Waals surface area contributed by atoms with Crippen LogP contribution < -0.4 is 10.9 Å². The molecule has 1 aromatic heterocycles. The molecule has 1 aliphatic rings. The summed E-state index contributed by atoms with van der Waals surface area (Å²) in [4.78, 5) is 28.6. The molecular weight excluding hydrogens is 210 g/mol. The molecule has 86 valence electrons. The molecule has 16 heavy (non-hydrogen) atoms. The Bertz CT molecular complexity index is 449. The Morgan fingerprint density at radius 1 is 1.50 bits per heavy atom. The second kappa shape index (κ2) is 3.96. The molecule has 6 nitrogen and oxygen atoms in total. The first-order valence-corrected chi connectivity index (χ1v) is 5.19. The predicted octanol–water partition coefficient (Wildman–Crippen LogP) is 0.579. The molecule has 0 spiro atoms. The Kier molecular flexibility index (Phi) is 2.64. The van der Waals surface area contributed by atoms with Crippen LogP contribution >= 0.6 is 0 Å². The average molecular weight is 223 g/mol. The summed E-state index contributed by atoms with van der Waals surface area (Å²) in [6, 6.07) is 1.27. The van der Waals surface area contributed by atoms with Gasteiger partial charge in [0.25, 0.3) is 5.56 Å². The Balaban J connectivity index is 2.24. The Morgan fingerprint density at radius 2 is 2.19 bits per heavy atom. The summed E-state index contributed by atoms with van der Waals surface area (Å²) in [6.07, 6.45) is 4.15. The number of carbonyl (C=O) groups is 1. The number of hydrogen-bond donors (Lipinski definition) is 3. The van der Waals surface area contributed by atoms with E-state index in [1.54, 1.807) is 0 Å². The first kappa shape index (κ1) is 10.7. The number of aromatic amines is 1. The van der Waals surface area contributed by atoms with Crippen molar-refractivity contribution in [2.45, 2.75) is 31.2 Å². The lowest BCUT2D eigenvalue weighted by Gasteiger charge is -2.25. The SMILES string of the molecule is O=C(O)C1(Nc2cc(=O)[nH]cn2)CCCC1. The summed E-state index contributed by atoms with van der Waals surface area (Å²) >= 11 is 0. The van der Waals surface area contributed by atoms with Crippen LogP contribution in [-0.2, 0) is 4.79 Å². The summed E-state index contributed by atoms with van der Waals surface area (Å²) in [6.45, 7) is 0. The molecule has 0 amide bonds. The smallest absolute Gasteiger partial charge is 0.329 e. The molecule has 0 aromatic carbocycles. The van der Waals surface area contributed by atoms with Gasteiger partial charge >= 0.3 is 5.97 Å². The fraction of sp³-hybridized carbons (Fsp3) is 0.500. The van der Waals surface area contributed by atoms with Gasteiger partial charge in [-0.1, -0.05) is 12.8 Å². The first-order chi connectivity index (χ1) is 7.62. The van der Waals surface area contributed by atoms with Crippen molar-refractivity contribution in [2.24, 2.45) is 0 Å². The molecule has 1 fully saturated rings. The largest absolute Gasteiger partial charge is 0.480 e. The molecule has 0 saturated heterocycles. The molecular formula is C10H13N3O3. The number of anilines is 1. The molecule has 0 unspecified atom stereocenters. The summed E-state index contributed by atoms with van der Waals surface area (Å²) in [5.74, 6) is -0.569. The van der Waals surface area contributed by atoms with E-state index in [4.69, 9.17) is 0 Å². The average Bonchev–Trinajstić information content (AvgIpc) is 2.67. The Hall–Kier alpha value is -1.85. The van der Waals surface area contributed by atoms with E-state index in [1.807, 2.05) is 0 Å². The van der Waals surface area contributed by atoms with Gasteiger partial charge in [0, 0.05) is 6.07 Å². The Morgan fingerprint density at radius 3 is 2.75 bits per heavy atom. The summed E-state index contributed by atoms with van der Waals surface area (Å²) in [5.41, 5.74) is -1.25. The maximum atomic E-state index is 11.2. The van der Waals surface area contributed by atoms with E-state index in [1.165, 1.54) is 12.4 Å². The lowest BCUT2D eigenvalue weighted by Crippen LogP contribution is -2.44. The summed E-state index contributed by atoms with van der Waals surface area (Å²) in [5, 5.41) is 12.1. The number of hydrogen-bond acceptors (Lipinski definition) is 4. The van der Waals surface area contributed by atoms with Crippen molar-refractivity contribution in [3.63, 3.8) is 0 Å². The van der Waals surface area contributed by atoms with Crippen LogP contribution in [0.15, 0.2) is 17.2 Å². The number of carboxylic acids is 1. The van der Waals surface area contributed by atoms with Crippen molar-refractivity contribution in [3.05, 3.63) is 22.7 Å². The maximum Gasteiger partial charge on any atom is 0.329 e. The molecule has 1 heterocycles. The molecule has 0 aliphatic heterocycles. The number of nitrogens with one attached hydrogen (secondary N) is 2. The predicted molar refractivity (Wildman–Crippen MR) is 57.3 cm³/mol. The van der Waals surface area contributed by atoms with Crippen LogP contribution in [-0.4, -0.2) is 26.6 Å². The molecule has 0 bridgehead atoms. The third-order valence-electron chi connectivity index (χ3n) is 2.91. The summed E-state index contributed by atoms with van der Waals surface area (Å²) in [7, 11) is 0. The third kappa shape index (κ3) is 1.91. The lowest BCUT2D eigenvalue weighted by atomic mass is 9.98. The fourth-order valence-electron chi connectivity index (χ4n) is 2.05. The van der Waals surface area contributed by atoms with Crippen LogP contribution in [0.4, 0.5) is 5.82 Å². The number of nitrogens with zero attached hydrogens (tertiary/aromatic N) is 1. The van der Waals surface area contributed by atoms with Crippen LogP contribution in [0.2, 0.25) is 0 Å². The molecule has 1 aliphatic carbocycles. The number of rotatable bonds is 3. The molecule has 1 saturated carbocycles. The zero-order valence-electron chi connectivity index (χ0n) is 8.69. The van der Waals surface area contributed by atoms with Gasteiger partial charge in [-0.15, -0.1) is 0 Å². The third-order valence-corrected chi connectivity index (χ3v) is 2.91.